The summed E-state index contributed by atoms with van der Waals surface area (Å²) in [5, 5.41) is 0. The maximum Gasteiger partial charge on any atom is 0.330 e. The van der Waals surface area contributed by atoms with Gasteiger partial charge < -0.3 is 4.74 Å². The highest BCUT2D eigenvalue weighted by atomic mass is 16.6. The summed E-state index contributed by atoms with van der Waals surface area (Å²) in [6.07, 6.45) is 23.1. The molecule has 2 heteroatoms. The quantitative estimate of drug-likeness (QED) is 0.192. The highest BCUT2D eigenvalue weighted by Crippen LogP contribution is 2.36. The summed E-state index contributed by atoms with van der Waals surface area (Å²) in [6, 6.07) is 0. The molecule has 0 aliphatic heterocycles. The molecular weight excluding hydrogens is 296 g/mol. The number of esters is 1. The van der Waals surface area contributed by atoms with Crippen LogP contribution in [0.3, 0.4) is 0 Å². The average molecular weight is 337 g/mol. The normalized spacial score (nSPS) is 16.7. The van der Waals surface area contributed by atoms with Crippen molar-refractivity contribution in [3.05, 3.63) is 12.7 Å². The van der Waals surface area contributed by atoms with Crippen molar-refractivity contribution in [2.45, 2.75) is 122 Å². The minimum atomic E-state index is -0.236. The molecule has 0 aromatic heterocycles. The maximum atomic E-state index is 11.6. The summed E-state index contributed by atoms with van der Waals surface area (Å²) >= 11 is 0. The van der Waals surface area contributed by atoms with Crippen molar-refractivity contribution in [1.82, 2.24) is 0 Å². The molecule has 0 unspecified atom stereocenters. The number of ether oxygens (including phenoxy) is 1. The fourth-order valence-electron chi connectivity index (χ4n) is 3.97. The number of carbonyl (C=O) groups is 1. The monoisotopic (exact) mass is 336 g/mol. The summed E-state index contributed by atoms with van der Waals surface area (Å²) in [5.41, 5.74) is -0.178. The lowest BCUT2D eigenvalue weighted by Gasteiger charge is -2.36. The zero-order valence-corrected chi connectivity index (χ0v) is 16.1. The van der Waals surface area contributed by atoms with Crippen LogP contribution in [0.15, 0.2) is 12.7 Å². The lowest BCUT2D eigenvalue weighted by Crippen LogP contribution is -2.36. The van der Waals surface area contributed by atoms with Gasteiger partial charge in [-0.3, -0.25) is 0 Å². The Bertz CT molecular complexity index is 329. The summed E-state index contributed by atoms with van der Waals surface area (Å²) in [6.45, 7) is 5.82. The lowest BCUT2D eigenvalue weighted by molar-refractivity contribution is -0.158. The van der Waals surface area contributed by atoms with Crippen LogP contribution < -0.4 is 0 Å². The molecule has 1 rings (SSSR count). The standard InChI is InChI=1S/C22H40O2/c1-3-5-6-7-8-9-10-11-12-13-15-18-22(24-21(23)4-2)19-16-14-17-20-22/h4H,2-3,5-20H2,1H3. The SMILES string of the molecule is C=CC(=O)OC1(CCCCCCCCCCCCC)CCCCC1. The highest BCUT2D eigenvalue weighted by molar-refractivity contribution is 5.81. The van der Waals surface area contributed by atoms with Crippen LogP contribution in [0, 0.1) is 0 Å². The van der Waals surface area contributed by atoms with Crippen molar-refractivity contribution in [3.8, 4) is 0 Å². The van der Waals surface area contributed by atoms with E-state index in [2.05, 4.69) is 13.5 Å². The van der Waals surface area contributed by atoms with Gasteiger partial charge in [0.1, 0.15) is 5.60 Å². The van der Waals surface area contributed by atoms with Gasteiger partial charge in [0.2, 0.25) is 0 Å². The molecule has 1 aliphatic rings. The summed E-state index contributed by atoms with van der Waals surface area (Å²) in [7, 11) is 0. The Kier molecular flexibility index (Phi) is 12.0. The zero-order valence-electron chi connectivity index (χ0n) is 16.1. The second-order valence-corrected chi connectivity index (χ2v) is 7.65. The van der Waals surface area contributed by atoms with Crippen molar-refractivity contribution >= 4 is 5.97 Å². The van der Waals surface area contributed by atoms with Crippen LogP contribution in [0.1, 0.15) is 116 Å². The first kappa shape index (κ1) is 21.3. The van der Waals surface area contributed by atoms with Crippen molar-refractivity contribution in [2.24, 2.45) is 0 Å². The number of unbranched alkanes of at least 4 members (excludes halogenated alkanes) is 10. The Morgan fingerprint density at radius 2 is 1.38 bits per heavy atom. The molecule has 0 saturated heterocycles. The first-order valence-corrected chi connectivity index (χ1v) is 10.6. The molecular formula is C22H40O2. The van der Waals surface area contributed by atoms with E-state index in [1.807, 2.05) is 0 Å². The van der Waals surface area contributed by atoms with Crippen LogP contribution in [-0.2, 0) is 9.53 Å². The Hall–Kier alpha value is -0.790. The number of hydrogen-bond acceptors (Lipinski definition) is 2. The smallest absolute Gasteiger partial charge is 0.330 e. The van der Waals surface area contributed by atoms with Gasteiger partial charge in [0, 0.05) is 6.08 Å². The zero-order chi connectivity index (χ0) is 17.5. The summed E-state index contributed by atoms with van der Waals surface area (Å²) in [5.74, 6) is -0.236. The fraction of sp³-hybridized carbons (Fsp3) is 0.864. The number of rotatable bonds is 14. The van der Waals surface area contributed by atoms with Crippen molar-refractivity contribution in [2.75, 3.05) is 0 Å². The number of carbonyl (C=O) groups excluding carboxylic acids is 1. The molecule has 140 valence electrons. The molecule has 0 aromatic rings. The van der Waals surface area contributed by atoms with Crippen LogP contribution in [0.2, 0.25) is 0 Å². The Morgan fingerprint density at radius 3 is 1.88 bits per heavy atom. The highest BCUT2D eigenvalue weighted by Gasteiger charge is 2.34. The topological polar surface area (TPSA) is 26.3 Å². The van der Waals surface area contributed by atoms with E-state index in [1.54, 1.807) is 0 Å². The molecule has 0 aromatic carbocycles. The largest absolute Gasteiger partial charge is 0.456 e. The van der Waals surface area contributed by atoms with Gasteiger partial charge in [-0.05, 0) is 38.5 Å². The second kappa shape index (κ2) is 13.5. The Labute approximate surface area is 150 Å². The van der Waals surface area contributed by atoms with Gasteiger partial charge >= 0.3 is 5.97 Å². The first-order chi connectivity index (χ1) is 11.7. The molecule has 1 fully saturated rings. The predicted octanol–water partition coefficient (Wildman–Crippen LogP) is 7.12. The molecule has 0 heterocycles. The Balaban J connectivity index is 2.06. The van der Waals surface area contributed by atoms with E-state index in [1.165, 1.54) is 96.0 Å². The molecule has 2 nitrogen and oxygen atoms in total. The maximum absolute atomic E-state index is 11.6. The lowest BCUT2D eigenvalue weighted by atomic mass is 9.81. The van der Waals surface area contributed by atoms with E-state index >= 15 is 0 Å². The van der Waals surface area contributed by atoms with Crippen molar-refractivity contribution < 1.29 is 9.53 Å². The molecule has 0 spiro atoms. The Morgan fingerprint density at radius 1 is 0.875 bits per heavy atom. The van der Waals surface area contributed by atoms with Crippen LogP contribution in [0.5, 0.6) is 0 Å². The minimum absolute atomic E-state index is 0.178. The van der Waals surface area contributed by atoms with Crippen LogP contribution in [0.25, 0.3) is 0 Å². The van der Waals surface area contributed by atoms with Crippen LogP contribution in [0.4, 0.5) is 0 Å². The van der Waals surface area contributed by atoms with Gasteiger partial charge in [-0.25, -0.2) is 4.79 Å². The van der Waals surface area contributed by atoms with Crippen molar-refractivity contribution in [3.63, 3.8) is 0 Å². The van der Waals surface area contributed by atoms with Gasteiger partial charge in [-0.1, -0.05) is 84.1 Å². The van der Waals surface area contributed by atoms with E-state index in [0.717, 1.165) is 19.3 Å². The molecule has 24 heavy (non-hydrogen) atoms. The molecule has 1 aliphatic carbocycles. The van der Waals surface area contributed by atoms with Gasteiger partial charge in [-0.15, -0.1) is 0 Å². The van der Waals surface area contributed by atoms with Crippen molar-refractivity contribution in [1.29, 1.82) is 0 Å². The molecule has 0 radical (unpaired) electrons. The third-order valence-corrected chi connectivity index (χ3v) is 5.48. The third-order valence-electron chi connectivity index (χ3n) is 5.48. The summed E-state index contributed by atoms with van der Waals surface area (Å²) in [4.78, 5) is 11.6. The van der Waals surface area contributed by atoms with Gasteiger partial charge in [0.25, 0.3) is 0 Å². The summed E-state index contributed by atoms with van der Waals surface area (Å²) < 4.78 is 5.76. The molecule has 0 atom stereocenters. The minimum Gasteiger partial charge on any atom is -0.456 e. The predicted molar refractivity (Wildman–Crippen MR) is 103 cm³/mol. The van der Waals surface area contributed by atoms with E-state index in [9.17, 15) is 4.79 Å². The van der Waals surface area contributed by atoms with E-state index in [-0.39, 0.29) is 11.6 Å². The molecule has 0 N–H and O–H groups in total. The fourth-order valence-corrected chi connectivity index (χ4v) is 3.97. The number of hydrogen-bond donors (Lipinski definition) is 0. The molecule has 0 amide bonds. The molecule has 0 bridgehead atoms. The van der Waals surface area contributed by atoms with E-state index in [0.29, 0.717) is 0 Å². The van der Waals surface area contributed by atoms with E-state index in [4.69, 9.17) is 4.74 Å². The van der Waals surface area contributed by atoms with E-state index < -0.39 is 0 Å². The first-order valence-electron chi connectivity index (χ1n) is 10.6. The van der Waals surface area contributed by atoms with Crippen LogP contribution >= 0.6 is 0 Å². The third kappa shape index (κ3) is 9.49. The van der Waals surface area contributed by atoms with Gasteiger partial charge in [-0.2, -0.15) is 0 Å². The average Bonchev–Trinajstić information content (AvgIpc) is 2.60. The van der Waals surface area contributed by atoms with Gasteiger partial charge in [0.05, 0.1) is 0 Å². The van der Waals surface area contributed by atoms with Gasteiger partial charge in [0.15, 0.2) is 0 Å². The second-order valence-electron chi connectivity index (χ2n) is 7.65. The molecule has 1 saturated carbocycles. The van der Waals surface area contributed by atoms with Crippen LogP contribution in [-0.4, -0.2) is 11.6 Å².